The van der Waals surface area contributed by atoms with E-state index < -0.39 is 12.1 Å². The van der Waals surface area contributed by atoms with Crippen molar-refractivity contribution >= 4 is 11.8 Å². The minimum absolute atomic E-state index is 0. The molecule has 0 fully saturated rings. The Balaban J connectivity index is 0.00000225. The van der Waals surface area contributed by atoms with Crippen LogP contribution in [-0.4, -0.2) is 6.08 Å². The zero-order valence-corrected chi connectivity index (χ0v) is 8.27. The molecule has 3 nitrogen and oxygen atoms in total. The first-order valence-electron chi connectivity index (χ1n) is 3.70. The van der Waals surface area contributed by atoms with Crippen LogP contribution in [0.3, 0.4) is 0 Å². The van der Waals surface area contributed by atoms with Crippen LogP contribution in [0.5, 0.6) is 5.75 Å². The summed E-state index contributed by atoms with van der Waals surface area (Å²) in [4.78, 5) is 13.1. The molecule has 0 atom stereocenters. The summed E-state index contributed by atoms with van der Waals surface area (Å²) in [5.74, 6) is -0.120. The van der Waals surface area contributed by atoms with Crippen LogP contribution in [0, 0.1) is 37.7 Å². The number of isocyanates is 1. The van der Waals surface area contributed by atoms with Gasteiger partial charge in [-0.2, -0.15) is 18.2 Å². The molecule has 0 spiro atoms. The van der Waals surface area contributed by atoms with E-state index in [4.69, 9.17) is 0 Å². The molecule has 1 aromatic rings. The van der Waals surface area contributed by atoms with E-state index in [2.05, 4.69) is 9.73 Å². The van der Waals surface area contributed by atoms with Gasteiger partial charge in [0.25, 0.3) is 0 Å². The maximum atomic E-state index is 12.3. The fraction of sp³-hybridized carbons (Fsp3) is 0. The average molecular weight is 255 g/mol. The van der Waals surface area contributed by atoms with Crippen LogP contribution in [0.2, 0.25) is 0 Å². The van der Waals surface area contributed by atoms with Gasteiger partial charge in [-0.1, -0.05) is 0 Å². The number of rotatable bonds is 3. The molecule has 0 radical (unpaired) electrons. The number of halogens is 3. The van der Waals surface area contributed by atoms with Crippen LogP contribution < -0.4 is 4.74 Å². The summed E-state index contributed by atoms with van der Waals surface area (Å²) in [6, 6.07) is 3.02. The third-order valence-corrected chi connectivity index (χ3v) is 1.37. The molecule has 0 heterocycles. The number of ether oxygens (including phenoxy) is 1. The van der Waals surface area contributed by atoms with Gasteiger partial charge in [-0.3, -0.25) is 0 Å². The first-order chi connectivity index (χ1) is 7.13. The molecule has 0 unspecified atom stereocenters. The van der Waals surface area contributed by atoms with E-state index in [0.29, 0.717) is 0 Å². The zero-order chi connectivity index (χ0) is 11.3. The first kappa shape index (κ1) is 15.2. The normalized spacial score (nSPS) is 8.44. The van der Waals surface area contributed by atoms with Crippen LogP contribution >= 0.6 is 0 Å². The third-order valence-electron chi connectivity index (χ3n) is 1.37. The molecule has 16 heavy (non-hydrogen) atoms. The third kappa shape index (κ3) is 4.81. The molecule has 0 aliphatic carbocycles. The Morgan fingerprint density at radius 3 is 2.19 bits per heavy atom. The Morgan fingerprint density at radius 1 is 1.19 bits per heavy atom. The summed E-state index contributed by atoms with van der Waals surface area (Å²) < 4.78 is 39.7. The maximum absolute atomic E-state index is 12.3. The van der Waals surface area contributed by atoms with Gasteiger partial charge in [0.1, 0.15) is 5.75 Å². The molecule has 1 rings (SSSR count). The summed E-state index contributed by atoms with van der Waals surface area (Å²) in [6.45, 7) is 0. The van der Waals surface area contributed by atoms with E-state index >= 15 is 0 Å². The molecule has 86 valence electrons. The molecule has 0 aromatic heterocycles. The van der Waals surface area contributed by atoms with Crippen molar-refractivity contribution in [2.24, 2.45) is 4.99 Å². The number of hydrogen-bond acceptors (Lipinski definition) is 3. The van der Waals surface area contributed by atoms with Crippen molar-refractivity contribution in [3.05, 3.63) is 36.4 Å². The van der Waals surface area contributed by atoms with Crippen LogP contribution in [0.25, 0.3) is 0 Å². The Bertz CT molecular complexity index is 423. The van der Waals surface area contributed by atoms with Gasteiger partial charge in [-0.15, -0.1) is 0 Å². The maximum Gasteiger partial charge on any atom is 0.344 e. The molecular formula is C9H4ArF3NO2. The molecule has 0 N–H and O–H groups in total. The zero-order valence-electron chi connectivity index (χ0n) is 7.56. The van der Waals surface area contributed by atoms with Crippen LogP contribution in [0.15, 0.2) is 41.4 Å². The van der Waals surface area contributed by atoms with Crippen molar-refractivity contribution in [1.82, 2.24) is 0 Å². The van der Waals surface area contributed by atoms with Crippen LogP contribution in [0.1, 0.15) is 0 Å². The van der Waals surface area contributed by atoms with Crippen molar-refractivity contribution in [2.75, 3.05) is 0 Å². The van der Waals surface area contributed by atoms with Gasteiger partial charge >= 0.3 is 12.1 Å². The fourth-order valence-corrected chi connectivity index (χ4v) is 0.783. The van der Waals surface area contributed by atoms with E-state index in [-0.39, 0.29) is 49.2 Å². The van der Waals surface area contributed by atoms with E-state index in [0.717, 1.165) is 0 Å². The van der Waals surface area contributed by atoms with Gasteiger partial charge in [0.05, 0.1) is 5.69 Å². The summed E-state index contributed by atoms with van der Waals surface area (Å²) in [5.41, 5.74) is 0.266. The number of hydrogen-bond donors (Lipinski definition) is 0. The van der Waals surface area contributed by atoms with E-state index in [1.165, 1.54) is 30.3 Å². The van der Waals surface area contributed by atoms with Gasteiger partial charge < -0.3 is 4.74 Å². The number of benzene rings is 1. The van der Waals surface area contributed by atoms with Crippen molar-refractivity contribution in [2.45, 2.75) is 0 Å². The molecule has 0 saturated heterocycles. The Morgan fingerprint density at radius 2 is 1.75 bits per heavy atom. The first-order valence-corrected chi connectivity index (χ1v) is 3.70. The van der Waals surface area contributed by atoms with Gasteiger partial charge in [0.15, 0.2) is 0 Å². The molecule has 0 saturated carbocycles. The summed E-state index contributed by atoms with van der Waals surface area (Å²) in [6.07, 6.45) is -1.24. The van der Waals surface area contributed by atoms with E-state index in [1.807, 2.05) is 0 Å². The second-order valence-corrected chi connectivity index (χ2v) is 2.33. The minimum Gasteiger partial charge on any atom is -0.428 e. The smallest absolute Gasteiger partial charge is 0.344 e. The molecule has 0 aliphatic rings. The number of carbonyl (C=O) groups excluding carboxylic acids is 1. The van der Waals surface area contributed by atoms with Gasteiger partial charge in [0, 0.05) is 37.7 Å². The van der Waals surface area contributed by atoms with E-state index in [9.17, 15) is 18.0 Å². The standard InChI is InChI=1S/C9H4F3NO2.Ar/c10-8(11)9(12)15-7-3-1-6(2-4-7)13-5-14;/h1-4H;. The van der Waals surface area contributed by atoms with Crippen LogP contribution in [-0.2, 0) is 4.79 Å². The van der Waals surface area contributed by atoms with Gasteiger partial charge in [0.2, 0.25) is 6.08 Å². The van der Waals surface area contributed by atoms with Crippen molar-refractivity contribution in [3.8, 4) is 5.75 Å². The summed E-state index contributed by atoms with van der Waals surface area (Å²) in [7, 11) is 0. The molecule has 7 heteroatoms. The molecular weight excluding hydrogens is 251 g/mol. The molecule has 0 bridgehead atoms. The second-order valence-electron chi connectivity index (χ2n) is 2.33. The van der Waals surface area contributed by atoms with E-state index in [1.54, 1.807) is 0 Å². The topological polar surface area (TPSA) is 38.7 Å². The molecule has 0 aliphatic heterocycles. The number of aliphatic imine (C=N–C) groups is 1. The predicted octanol–water partition coefficient (Wildman–Crippen LogP) is 3.07. The molecule has 1 aromatic carbocycles. The van der Waals surface area contributed by atoms with Crippen molar-refractivity contribution in [1.29, 1.82) is 0 Å². The summed E-state index contributed by atoms with van der Waals surface area (Å²) in [5, 5.41) is 0. The molecule has 0 amide bonds. The summed E-state index contributed by atoms with van der Waals surface area (Å²) >= 11 is 0. The Hall–Kier alpha value is -0.810. The van der Waals surface area contributed by atoms with Crippen molar-refractivity contribution < 1.29 is 60.4 Å². The quantitative estimate of drug-likeness (QED) is 0.473. The Kier molecular flexibility index (Phi) is 7.08. The monoisotopic (exact) mass is 255 g/mol. The predicted molar refractivity (Wildman–Crippen MR) is 45.2 cm³/mol. The van der Waals surface area contributed by atoms with Crippen LogP contribution in [0.4, 0.5) is 18.9 Å². The average Bonchev–Trinajstić information content (AvgIpc) is 2.21. The number of nitrogens with zero attached hydrogens (tertiary/aromatic N) is 1. The SMILES string of the molecule is O=C=Nc1ccc(OC(F)=C(F)F)cc1.[Ar]. The Labute approximate surface area is 119 Å². The van der Waals surface area contributed by atoms with Gasteiger partial charge in [-0.25, -0.2) is 4.79 Å². The largest absolute Gasteiger partial charge is 0.428 e. The fourth-order valence-electron chi connectivity index (χ4n) is 0.783. The second kappa shape index (κ2) is 7.46. The van der Waals surface area contributed by atoms with Gasteiger partial charge in [-0.05, 0) is 24.3 Å². The van der Waals surface area contributed by atoms with Crippen molar-refractivity contribution in [3.63, 3.8) is 0 Å². The minimum atomic E-state index is -2.54.